The van der Waals surface area contributed by atoms with E-state index in [1.54, 1.807) is 7.11 Å². The molecule has 0 bridgehead atoms. The SMILES string of the molecule is COc1cccc(-c2nn(-c3ccccc3C#N)c3c2CCCCN3)c1. The van der Waals surface area contributed by atoms with E-state index in [-0.39, 0.29) is 0 Å². The number of aromatic nitrogens is 2. The van der Waals surface area contributed by atoms with Crippen molar-refractivity contribution in [3.05, 3.63) is 59.7 Å². The molecule has 130 valence electrons. The molecule has 0 radical (unpaired) electrons. The topological polar surface area (TPSA) is 62.9 Å². The Morgan fingerprint density at radius 1 is 1.15 bits per heavy atom. The molecule has 0 spiro atoms. The van der Waals surface area contributed by atoms with E-state index in [0.29, 0.717) is 5.56 Å². The van der Waals surface area contributed by atoms with Gasteiger partial charge in [-0.2, -0.15) is 10.4 Å². The monoisotopic (exact) mass is 344 g/mol. The van der Waals surface area contributed by atoms with E-state index in [2.05, 4.69) is 17.5 Å². The van der Waals surface area contributed by atoms with E-state index in [4.69, 9.17) is 9.84 Å². The second-order valence-corrected chi connectivity index (χ2v) is 6.33. The standard InChI is InChI=1S/C21H20N4O/c1-26-17-9-6-8-15(13-17)20-18-10-4-5-12-23-21(18)25(24-20)19-11-3-2-7-16(19)14-22/h2-3,6-9,11,13,23H,4-5,10,12H2,1H3. The molecule has 0 unspecified atom stereocenters. The number of methoxy groups -OCH3 is 1. The summed E-state index contributed by atoms with van der Waals surface area (Å²) in [6.45, 7) is 0.908. The molecule has 3 aromatic rings. The summed E-state index contributed by atoms with van der Waals surface area (Å²) >= 11 is 0. The molecule has 0 saturated carbocycles. The van der Waals surface area contributed by atoms with Gasteiger partial charge in [0.2, 0.25) is 0 Å². The Morgan fingerprint density at radius 2 is 2.04 bits per heavy atom. The van der Waals surface area contributed by atoms with Crippen LogP contribution in [0.5, 0.6) is 5.75 Å². The second-order valence-electron chi connectivity index (χ2n) is 6.33. The van der Waals surface area contributed by atoms with Gasteiger partial charge in [0.1, 0.15) is 17.6 Å². The van der Waals surface area contributed by atoms with Crippen LogP contribution in [0.3, 0.4) is 0 Å². The molecule has 0 atom stereocenters. The number of nitrogens with zero attached hydrogens (tertiary/aromatic N) is 3. The summed E-state index contributed by atoms with van der Waals surface area (Å²) in [5.41, 5.74) is 4.58. The van der Waals surface area contributed by atoms with E-state index >= 15 is 0 Å². The molecule has 0 fully saturated rings. The molecule has 0 saturated heterocycles. The normalized spacial score (nSPS) is 13.2. The predicted octanol–water partition coefficient (Wildman–Crippen LogP) is 4.17. The van der Waals surface area contributed by atoms with Crippen LogP contribution in [-0.4, -0.2) is 23.4 Å². The number of anilines is 1. The molecule has 1 aliphatic heterocycles. The lowest BCUT2D eigenvalue weighted by Crippen LogP contribution is -2.08. The molecule has 26 heavy (non-hydrogen) atoms. The number of para-hydroxylation sites is 1. The molecule has 1 N–H and O–H groups in total. The second kappa shape index (κ2) is 6.93. The average Bonchev–Trinajstić information content (AvgIpc) is 2.88. The third kappa shape index (κ3) is 2.80. The van der Waals surface area contributed by atoms with Gasteiger partial charge in [0.25, 0.3) is 0 Å². The lowest BCUT2D eigenvalue weighted by Gasteiger charge is -2.10. The predicted molar refractivity (Wildman–Crippen MR) is 102 cm³/mol. The molecular weight excluding hydrogens is 324 g/mol. The number of nitrogens with one attached hydrogen (secondary N) is 1. The fourth-order valence-corrected chi connectivity index (χ4v) is 3.43. The third-order valence-electron chi connectivity index (χ3n) is 4.73. The zero-order valence-corrected chi connectivity index (χ0v) is 14.7. The Labute approximate surface area is 152 Å². The maximum absolute atomic E-state index is 9.50. The Morgan fingerprint density at radius 3 is 2.88 bits per heavy atom. The molecule has 2 aromatic carbocycles. The summed E-state index contributed by atoms with van der Waals surface area (Å²) in [5.74, 6) is 1.80. The maximum atomic E-state index is 9.50. The van der Waals surface area contributed by atoms with Crippen molar-refractivity contribution in [1.82, 2.24) is 9.78 Å². The van der Waals surface area contributed by atoms with Crippen LogP contribution in [0, 0.1) is 11.3 Å². The van der Waals surface area contributed by atoms with E-state index in [9.17, 15) is 5.26 Å². The van der Waals surface area contributed by atoms with Crippen molar-refractivity contribution in [2.45, 2.75) is 19.3 Å². The van der Waals surface area contributed by atoms with Crippen LogP contribution >= 0.6 is 0 Å². The minimum Gasteiger partial charge on any atom is -0.497 e. The first-order valence-corrected chi connectivity index (χ1v) is 8.81. The van der Waals surface area contributed by atoms with Gasteiger partial charge in [0.15, 0.2) is 0 Å². The maximum Gasteiger partial charge on any atom is 0.133 e. The van der Waals surface area contributed by atoms with Crippen molar-refractivity contribution in [3.63, 3.8) is 0 Å². The van der Waals surface area contributed by atoms with Gasteiger partial charge < -0.3 is 10.1 Å². The quantitative estimate of drug-likeness (QED) is 0.775. The van der Waals surface area contributed by atoms with Crippen molar-refractivity contribution in [2.75, 3.05) is 19.0 Å². The molecule has 1 aliphatic rings. The van der Waals surface area contributed by atoms with Crippen LogP contribution in [-0.2, 0) is 6.42 Å². The number of nitriles is 1. The van der Waals surface area contributed by atoms with Gasteiger partial charge in [0, 0.05) is 17.7 Å². The Kier molecular flexibility index (Phi) is 4.32. The Hall–Kier alpha value is -3.26. The Balaban J connectivity index is 1.94. The zero-order valence-electron chi connectivity index (χ0n) is 14.7. The van der Waals surface area contributed by atoms with Gasteiger partial charge >= 0.3 is 0 Å². The lowest BCUT2D eigenvalue weighted by atomic mass is 10.0. The summed E-state index contributed by atoms with van der Waals surface area (Å²) in [7, 11) is 1.67. The number of ether oxygens (including phenoxy) is 1. The molecule has 2 heterocycles. The van der Waals surface area contributed by atoms with Gasteiger partial charge in [-0.3, -0.25) is 0 Å². The minimum atomic E-state index is 0.612. The van der Waals surface area contributed by atoms with Gasteiger partial charge in [-0.05, 0) is 43.5 Å². The van der Waals surface area contributed by atoms with Crippen LogP contribution < -0.4 is 10.1 Å². The molecule has 5 heteroatoms. The third-order valence-corrected chi connectivity index (χ3v) is 4.73. The number of hydrogen-bond acceptors (Lipinski definition) is 4. The van der Waals surface area contributed by atoms with E-state index < -0.39 is 0 Å². The van der Waals surface area contributed by atoms with Gasteiger partial charge in [-0.15, -0.1) is 0 Å². The van der Waals surface area contributed by atoms with Gasteiger partial charge in [-0.1, -0.05) is 24.3 Å². The largest absolute Gasteiger partial charge is 0.497 e. The van der Waals surface area contributed by atoms with Crippen LogP contribution in [0.15, 0.2) is 48.5 Å². The summed E-state index contributed by atoms with van der Waals surface area (Å²) in [4.78, 5) is 0. The van der Waals surface area contributed by atoms with Crippen molar-refractivity contribution in [2.24, 2.45) is 0 Å². The molecule has 1 aromatic heterocycles. The Bertz CT molecular complexity index is 984. The number of hydrogen-bond donors (Lipinski definition) is 1. The van der Waals surface area contributed by atoms with Crippen molar-refractivity contribution < 1.29 is 4.74 Å². The molecule has 0 amide bonds. The van der Waals surface area contributed by atoms with Crippen molar-refractivity contribution in [1.29, 1.82) is 5.26 Å². The first kappa shape index (κ1) is 16.2. The molecule has 4 rings (SSSR count). The van der Waals surface area contributed by atoms with Crippen LogP contribution in [0.4, 0.5) is 5.82 Å². The van der Waals surface area contributed by atoms with E-state index in [1.807, 2.05) is 47.1 Å². The average molecular weight is 344 g/mol. The summed E-state index contributed by atoms with van der Waals surface area (Å²) < 4.78 is 7.26. The molecule has 0 aliphatic carbocycles. The number of benzene rings is 2. The fraction of sp³-hybridized carbons (Fsp3) is 0.238. The number of rotatable bonds is 3. The highest BCUT2D eigenvalue weighted by Gasteiger charge is 2.22. The van der Waals surface area contributed by atoms with Crippen molar-refractivity contribution >= 4 is 5.82 Å². The van der Waals surface area contributed by atoms with Crippen LogP contribution in [0.25, 0.3) is 16.9 Å². The van der Waals surface area contributed by atoms with Crippen LogP contribution in [0.1, 0.15) is 24.0 Å². The van der Waals surface area contributed by atoms with E-state index in [0.717, 1.165) is 54.3 Å². The lowest BCUT2D eigenvalue weighted by molar-refractivity contribution is 0.415. The van der Waals surface area contributed by atoms with Gasteiger partial charge in [0.05, 0.1) is 24.1 Å². The molecular formula is C21H20N4O. The fourth-order valence-electron chi connectivity index (χ4n) is 3.43. The van der Waals surface area contributed by atoms with Crippen molar-refractivity contribution in [3.8, 4) is 28.8 Å². The highest BCUT2D eigenvalue weighted by molar-refractivity contribution is 5.72. The zero-order chi connectivity index (χ0) is 17.9. The first-order chi connectivity index (χ1) is 12.8. The highest BCUT2D eigenvalue weighted by atomic mass is 16.5. The summed E-state index contributed by atoms with van der Waals surface area (Å²) in [6, 6.07) is 17.8. The first-order valence-electron chi connectivity index (χ1n) is 8.81. The highest BCUT2D eigenvalue weighted by Crippen LogP contribution is 2.35. The minimum absolute atomic E-state index is 0.612. The van der Waals surface area contributed by atoms with Crippen LogP contribution in [0.2, 0.25) is 0 Å². The van der Waals surface area contributed by atoms with E-state index in [1.165, 1.54) is 5.56 Å². The number of fused-ring (bicyclic) bond motifs is 1. The summed E-state index contributed by atoms with van der Waals surface area (Å²) in [6.07, 6.45) is 3.19. The molecule has 5 nitrogen and oxygen atoms in total. The summed E-state index contributed by atoms with van der Waals surface area (Å²) in [5, 5.41) is 17.9. The van der Waals surface area contributed by atoms with Gasteiger partial charge in [-0.25, -0.2) is 4.68 Å². The smallest absolute Gasteiger partial charge is 0.133 e.